The highest BCUT2D eigenvalue weighted by molar-refractivity contribution is 6.16. The van der Waals surface area contributed by atoms with E-state index in [4.69, 9.17) is 4.74 Å². The highest BCUT2D eigenvalue weighted by atomic mass is 16.5. The Balaban J connectivity index is 1.50. The molecule has 0 unspecified atom stereocenters. The molecule has 4 amide bonds. The van der Waals surface area contributed by atoms with E-state index in [1.165, 1.54) is 5.57 Å². The molecule has 2 heterocycles. The largest absolute Gasteiger partial charge is 0.497 e. The number of benzene rings is 2. The highest BCUT2D eigenvalue weighted by Crippen LogP contribution is 2.39. The molecular weight excluding hydrogens is 456 g/mol. The second-order valence-corrected chi connectivity index (χ2v) is 9.57. The second kappa shape index (κ2) is 9.89. The number of carbonyl (C=O) groups excluding carboxylic acids is 3. The summed E-state index contributed by atoms with van der Waals surface area (Å²) in [6.45, 7) is 9.21. The van der Waals surface area contributed by atoms with Gasteiger partial charge in [-0.25, -0.2) is 9.69 Å². The first-order valence-corrected chi connectivity index (χ1v) is 12.0. The van der Waals surface area contributed by atoms with Gasteiger partial charge in [0.15, 0.2) is 0 Å². The first-order valence-electron chi connectivity index (χ1n) is 12.0. The van der Waals surface area contributed by atoms with Crippen molar-refractivity contribution in [3.05, 3.63) is 65.4 Å². The fraction of sp³-hybridized carbons (Fsp3) is 0.321. The third-order valence-electron chi connectivity index (χ3n) is 6.40. The number of imide groups is 1. The minimum Gasteiger partial charge on any atom is -0.497 e. The predicted octanol–water partition coefficient (Wildman–Crippen LogP) is 4.64. The van der Waals surface area contributed by atoms with Gasteiger partial charge in [-0.05, 0) is 80.8 Å². The summed E-state index contributed by atoms with van der Waals surface area (Å²) in [5, 5.41) is 5.28. The summed E-state index contributed by atoms with van der Waals surface area (Å²) in [7, 11) is 1.56. The minimum atomic E-state index is -0.624. The Hall–Kier alpha value is -4.07. The lowest BCUT2D eigenvalue weighted by Crippen LogP contribution is -2.45. The number of allylic oxidation sites excluding steroid dienone is 1. The number of methoxy groups -OCH3 is 1. The molecule has 2 N–H and O–H groups in total. The average molecular weight is 489 g/mol. The number of carbonyl (C=O) groups is 3. The molecule has 2 aromatic carbocycles. The summed E-state index contributed by atoms with van der Waals surface area (Å²) in [5.74, 6) is -0.353. The van der Waals surface area contributed by atoms with Crippen molar-refractivity contribution >= 4 is 40.9 Å². The number of fused-ring (bicyclic) bond motifs is 1. The molecule has 0 atom stereocenters. The van der Waals surface area contributed by atoms with Crippen LogP contribution >= 0.6 is 0 Å². The molecule has 0 aromatic heterocycles. The maximum atomic E-state index is 12.9. The monoisotopic (exact) mass is 488 g/mol. The van der Waals surface area contributed by atoms with Gasteiger partial charge in [0, 0.05) is 23.5 Å². The zero-order chi connectivity index (χ0) is 26.0. The molecule has 0 radical (unpaired) electrons. The van der Waals surface area contributed by atoms with E-state index < -0.39 is 17.8 Å². The molecule has 1 fully saturated rings. The Bertz CT molecular complexity index is 1260. The zero-order valence-electron chi connectivity index (χ0n) is 21.3. The van der Waals surface area contributed by atoms with E-state index in [0.29, 0.717) is 11.4 Å². The van der Waals surface area contributed by atoms with Gasteiger partial charge in [-0.3, -0.25) is 9.59 Å². The average Bonchev–Trinajstić information content (AvgIpc) is 3.09. The number of amides is 4. The Morgan fingerprint density at radius 2 is 1.86 bits per heavy atom. The van der Waals surface area contributed by atoms with Crippen molar-refractivity contribution in [3.63, 3.8) is 0 Å². The van der Waals surface area contributed by atoms with E-state index in [1.54, 1.807) is 37.5 Å². The van der Waals surface area contributed by atoms with E-state index in [-0.39, 0.29) is 17.8 Å². The fourth-order valence-electron chi connectivity index (χ4n) is 4.72. The lowest BCUT2D eigenvalue weighted by atomic mass is 9.87. The van der Waals surface area contributed by atoms with E-state index in [0.717, 1.165) is 34.7 Å². The fourth-order valence-corrected chi connectivity index (χ4v) is 4.72. The minimum absolute atomic E-state index is 0.0879. The van der Waals surface area contributed by atoms with Gasteiger partial charge >= 0.3 is 6.03 Å². The van der Waals surface area contributed by atoms with Crippen molar-refractivity contribution in [1.29, 1.82) is 0 Å². The summed E-state index contributed by atoms with van der Waals surface area (Å²) in [4.78, 5) is 41.1. The maximum absolute atomic E-state index is 12.9. The molecule has 36 heavy (non-hydrogen) atoms. The Kier molecular flexibility index (Phi) is 6.88. The highest BCUT2D eigenvalue weighted by Gasteiger charge is 2.35. The summed E-state index contributed by atoms with van der Waals surface area (Å²) < 4.78 is 5.10. The number of urea groups is 1. The first kappa shape index (κ1) is 25.0. The van der Waals surface area contributed by atoms with E-state index >= 15 is 0 Å². The molecule has 0 bridgehead atoms. The molecule has 0 spiro atoms. The lowest BCUT2D eigenvalue weighted by Gasteiger charge is -2.43. The van der Waals surface area contributed by atoms with Crippen LogP contribution in [0.5, 0.6) is 5.75 Å². The third-order valence-corrected chi connectivity index (χ3v) is 6.40. The molecule has 188 valence electrons. The molecular formula is C28H32N4O4. The normalized spacial score (nSPS) is 17.6. The number of anilines is 2. The molecule has 2 aromatic rings. The third kappa shape index (κ3) is 4.98. The molecule has 0 saturated carbocycles. The summed E-state index contributed by atoms with van der Waals surface area (Å²) in [6, 6.07) is 12.2. The number of ether oxygens (including phenoxy) is 1. The smallest absolute Gasteiger partial charge is 0.329 e. The summed E-state index contributed by atoms with van der Waals surface area (Å²) in [6.07, 6.45) is 4.94. The number of hydrogen-bond donors (Lipinski definition) is 2. The number of nitrogens with one attached hydrogen (secondary N) is 2. The topological polar surface area (TPSA) is 91.0 Å². The standard InChI is InChI=1S/C28H32N4O4/c1-6-13-32-24-12-7-19(14-22(24)18(2)16-28(32,3)4)15-23-26(34)31(27(35)30-23)17-25(33)29-20-8-10-21(36-5)11-9-20/h7-12,14-16H,6,13,17H2,1-5H3,(H,29,33)(H,30,35)/b23-15+. The number of hydrogen-bond acceptors (Lipinski definition) is 5. The SMILES string of the molecule is CCCN1c2ccc(/C=C3/NC(=O)N(CC(=O)Nc4ccc(OC)cc4)C3=O)cc2C(C)=CC1(C)C. The van der Waals surface area contributed by atoms with Crippen LogP contribution in [0.2, 0.25) is 0 Å². The van der Waals surface area contributed by atoms with Crippen molar-refractivity contribution in [2.75, 3.05) is 30.4 Å². The molecule has 0 aliphatic carbocycles. The molecule has 4 rings (SSSR count). The quantitative estimate of drug-likeness (QED) is 0.438. The van der Waals surface area contributed by atoms with Crippen LogP contribution in [-0.2, 0) is 9.59 Å². The van der Waals surface area contributed by atoms with Gasteiger partial charge in [0.25, 0.3) is 5.91 Å². The summed E-state index contributed by atoms with van der Waals surface area (Å²) in [5.41, 5.74) is 4.82. The maximum Gasteiger partial charge on any atom is 0.329 e. The zero-order valence-corrected chi connectivity index (χ0v) is 21.3. The van der Waals surface area contributed by atoms with Gasteiger partial charge in [0.1, 0.15) is 18.0 Å². The van der Waals surface area contributed by atoms with E-state index in [9.17, 15) is 14.4 Å². The lowest BCUT2D eigenvalue weighted by molar-refractivity contribution is -0.127. The predicted molar refractivity (Wildman–Crippen MR) is 142 cm³/mol. The second-order valence-electron chi connectivity index (χ2n) is 9.57. The van der Waals surface area contributed by atoms with Crippen LogP contribution in [0.15, 0.2) is 54.2 Å². The van der Waals surface area contributed by atoms with Crippen LogP contribution in [0.25, 0.3) is 11.6 Å². The van der Waals surface area contributed by atoms with Crippen LogP contribution in [0, 0.1) is 0 Å². The van der Waals surface area contributed by atoms with Gasteiger partial charge in [0.2, 0.25) is 5.91 Å². The van der Waals surface area contributed by atoms with Crippen molar-refractivity contribution in [2.24, 2.45) is 0 Å². The van der Waals surface area contributed by atoms with Gasteiger partial charge in [-0.2, -0.15) is 0 Å². The number of nitrogens with zero attached hydrogens (tertiary/aromatic N) is 2. The van der Waals surface area contributed by atoms with Crippen LogP contribution in [0.4, 0.5) is 16.2 Å². The van der Waals surface area contributed by atoms with Crippen molar-refractivity contribution in [1.82, 2.24) is 10.2 Å². The first-order chi connectivity index (χ1) is 17.1. The van der Waals surface area contributed by atoms with Crippen LogP contribution in [0.1, 0.15) is 45.2 Å². The van der Waals surface area contributed by atoms with Crippen LogP contribution in [-0.4, -0.2) is 48.5 Å². The Morgan fingerprint density at radius 1 is 1.14 bits per heavy atom. The molecule has 8 heteroatoms. The molecule has 1 saturated heterocycles. The molecule has 2 aliphatic heterocycles. The van der Waals surface area contributed by atoms with Crippen molar-refractivity contribution < 1.29 is 19.1 Å². The van der Waals surface area contributed by atoms with Gasteiger partial charge in [-0.1, -0.05) is 19.1 Å². The van der Waals surface area contributed by atoms with E-state index in [2.05, 4.69) is 55.4 Å². The Morgan fingerprint density at radius 3 is 2.53 bits per heavy atom. The van der Waals surface area contributed by atoms with Gasteiger partial charge < -0.3 is 20.3 Å². The van der Waals surface area contributed by atoms with Crippen LogP contribution in [0.3, 0.4) is 0 Å². The van der Waals surface area contributed by atoms with Crippen LogP contribution < -0.4 is 20.3 Å². The van der Waals surface area contributed by atoms with Gasteiger partial charge in [-0.15, -0.1) is 0 Å². The Labute approximate surface area is 211 Å². The van der Waals surface area contributed by atoms with Gasteiger partial charge in [0.05, 0.1) is 12.6 Å². The van der Waals surface area contributed by atoms with E-state index in [1.807, 2.05) is 12.1 Å². The number of rotatable bonds is 7. The van der Waals surface area contributed by atoms with Crippen molar-refractivity contribution in [2.45, 2.75) is 39.7 Å². The molecule has 8 nitrogen and oxygen atoms in total. The van der Waals surface area contributed by atoms with Crippen molar-refractivity contribution in [3.8, 4) is 5.75 Å². The summed E-state index contributed by atoms with van der Waals surface area (Å²) >= 11 is 0. The molecule has 2 aliphatic rings.